The van der Waals surface area contributed by atoms with E-state index in [-0.39, 0.29) is 6.03 Å². The summed E-state index contributed by atoms with van der Waals surface area (Å²) in [5.41, 5.74) is 5.36. The van der Waals surface area contributed by atoms with E-state index in [1.54, 1.807) is 32.2 Å². The fourth-order valence-electron chi connectivity index (χ4n) is 3.28. The molecular weight excluding hydrogens is 402 g/mol. The van der Waals surface area contributed by atoms with Crippen LogP contribution in [0.4, 0.5) is 10.5 Å². The third-order valence-corrected chi connectivity index (χ3v) is 4.79. The summed E-state index contributed by atoms with van der Waals surface area (Å²) >= 11 is 0. The molecule has 0 radical (unpaired) electrons. The van der Waals surface area contributed by atoms with Crippen LogP contribution in [0.25, 0.3) is 11.3 Å². The first-order valence-corrected chi connectivity index (χ1v) is 10.7. The number of fused-ring (bicyclic) bond motifs is 1. The number of carbonyl (C=O) groups is 1. The average molecular weight is 438 g/mol. The van der Waals surface area contributed by atoms with Crippen molar-refractivity contribution in [3.05, 3.63) is 65.9 Å². The standard InChI is InChI=1S/C22H25N3O3.C4H10/c1-14-12-24-13-16-6-7-17(10-20(14)16)25(22(26)23-3)15(2)19-9-8-18(27-4)11-21(19)28-5;1-4(2)3/h6-12,24H,2,13H2,1,3-5H3,(H,23,26);4H,1-3H3. The number of hydrogen-bond donors (Lipinski definition) is 2. The molecule has 2 amide bonds. The van der Waals surface area contributed by atoms with E-state index in [9.17, 15) is 4.79 Å². The molecule has 0 aliphatic carbocycles. The van der Waals surface area contributed by atoms with Gasteiger partial charge in [-0.15, -0.1) is 0 Å². The van der Waals surface area contributed by atoms with Crippen molar-refractivity contribution in [3.63, 3.8) is 0 Å². The van der Waals surface area contributed by atoms with E-state index in [0.29, 0.717) is 22.8 Å². The summed E-state index contributed by atoms with van der Waals surface area (Å²) in [6, 6.07) is 11.1. The molecule has 6 nitrogen and oxygen atoms in total. The Balaban J connectivity index is 0.000000837. The van der Waals surface area contributed by atoms with Gasteiger partial charge in [-0.2, -0.15) is 0 Å². The van der Waals surface area contributed by atoms with Crippen molar-refractivity contribution >= 4 is 23.0 Å². The first-order valence-electron chi connectivity index (χ1n) is 10.7. The second kappa shape index (κ2) is 11.3. The van der Waals surface area contributed by atoms with Crippen molar-refractivity contribution in [1.82, 2.24) is 10.6 Å². The molecule has 1 aliphatic rings. The second-order valence-corrected chi connectivity index (χ2v) is 8.19. The third kappa shape index (κ3) is 5.84. The van der Waals surface area contributed by atoms with Gasteiger partial charge in [-0.3, -0.25) is 4.90 Å². The number of anilines is 1. The lowest BCUT2D eigenvalue weighted by atomic mass is 9.97. The van der Waals surface area contributed by atoms with Crippen LogP contribution < -0.4 is 25.0 Å². The maximum absolute atomic E-state index is 12.8. The molecule has 0 fully saturated rings. The van der Waals surface area contributed by atoms with Crippen LogP contribution in [0.3, 0.4) is 0 Å². The van der Waals surface area contributed by atoms with E-state index in [0.717, 1.165) is 29.3 Å². The number of nitrogens with one attached hydrogen (secondary N) is 2. The summed E-state index contributed by atoms with van der Waals surface area (Å²) in [6.07, 6.45) is 1.98. The molecule has 2 aromatic rings. The van der Waals surface area contributed by atoms with Crippen LogP contribution in [0, 0.1) is 5.92 Å². The van der Waals surface area contributed by atoms with Crippen LogP contribution in [0.15, 0.2) is 49.2 Å². The van der Waals surface area contributed by atoms with Gasteiger partial charge in [0.1, 0.15) is 11.5 Å². The number of nitrogens with zero attached hydrogens (tertiary/aromatic N) is 1. The number of rotatable bonds is 5. The predicted molar refractivity (Wildman–Crippen MR) is 133 cm³/mol. The van der Waals surface area contributed by atoms with Gasteiger partial charge in [0, 0.05) is 31.4 Å². The smallest absolute Gasteiger partial charge is 0.326 e. The van der Waals surface area contributed by atoms with E-state index in [1.165, 1.54) is 5.56 Å². The van der Waals surface area contributed by atoms with Crippen molar-refractivity contribution in [1.29, 1.82) is 0 Å². The number of hydrogen-bond acceptors (Lipinski definition) is 4. The predicted octanol–water partition coefficient (Wildman–Crippen LogP) is 5.65. The van der Waals surface area contributed by atoms with Gasteiger partial charge in [0.25, 0.3) is 0 Å². The highest BCUT2D eigenvalue weighted by atomic mass is 16.5. The SMILES string of the molecule is C=C(c1ccc(OC)cc1OC)N(C(=O)NC)c1ccc2c(c1)C(C)=CNC2.CC(C)C. The lowest BCUT2D eigenvalue weighted by Crippen LogP contribution is -2.36. The normalized spacial score (nSPS) is 11.8. The summed E-state index contributed by atoms with van der Waals surface area (Å²) in [5, 5.41) is 5.95. The van der Waals surface area contributed by atoms with Crippen molar-refractivity contribution in [2.45, 2.75) is 34.2 Å². The summed E-state index contributed by atoms with van der Waals surface area (Å²) in [7, 11) is 4.77. The van der Waals surface area contributed by atoms with Gasteiger partial charge >= 0.3 is 6.03 Å². The number of carbonyl (C=O) groups excluding carboxylic acids is 1. The lowest BCUT2D eigenvalue weighted by Gasteiger charge is -2.27. The summed E-state index contributed by atoms with van der Waals surface area (Å²) in [6.45, 7) is 13.5. The van der Waals surface area contributed by atoms with Gasteiger partial charge in [-0.05, 0) is 53.8 Å². The van der Waals surface area contributed by atoms with Crippen LogP contribution >= 0.6 is 0 Å². The van der Waals surface area contributed by atoms with E-state index in [1.807, 2.05) is 43.5 Å². The Morgan fingerprint density at radius 1 is 1.12 bits per heavy atom. The monoisotopic (exact) mass is 437 g/mol. The quantitative estimate of drug-likeness (QED) is 0.635. The third-order valence-electron chi connectivity index (χ3n) is 4.79. The second-order valence-electron chi connectivity index (χ2n) is 8.19. The van der Waals surface area contributed by atoms with E-state index in [2.05, 4.69) is 38.0 Å². The molecule has 0 spiro atoms. The number of benzene rings is 2. The van der Waals surface area contributed by atoms with E-state index >= 15 is 0 Å². The topological polar surface area (TPSA) is 62.8 Å². The van der Waals surface area contributed by atoms with Gasteiger partial charge in [0.15, 0.2) is 0 Å². The van der Waals surface area contributed by atoms with Gasteiger partial charge in [0.2, 0.25) is 0 Å². The number of urea groups is 1. The molecule has 0 aromatic heterocycles. The first-order chi connectivity index (χ1) is 15.2. The average Bonchev–Trinajstić information content (AvgIpc) is 2.78. The number of amides is 2. The zero-order valence-corrected chi connectivity index (χ0v) is 20.2. The van der Waals surface area contributed by atoms with Crippen molar-refractivity contribution in [3.8, 4) is 11.5 Å². The van der Waals surface area contributed by atoms with Crippen LogP contribution in [0.5, 0.6) is 11.5 Å². The minimum absolute atomic E-state index is 0.279. The van der Waals surface area contributed by atoms with Crippen LogP contribution in [-0.4, -0.2) is 27.3 Å². The largest absolute Gasteiger partial charge is 0.497 e. The molecule has 1 heterocycles. The lowest BCUT2D eigenvalue weighted by molar-refractivity contribution is 0.250. The minimum atomic E-state index is -0.279. The van der Waals surface area contributed by atoms with Crippen LogP contribution in [0.2, 0.25) is 0 Å². The molecule has 0 saturated carbocycles. The highest BCUT2D eigenvalue weighted by Crippen LogP contribution is 2.35. The Hall–Kier alpha value is -3.41. The zero-order chi connectivity index (χ0) is 23.8. The Labute approximate surface area is 191 Å². The van der Waals surface area contributed by atoms with Gasteiger partial charge < -0.3 is 20.1 Å². The molecule has 0 bridgehead atoms. The van der Waals surface area contributed by atoms with Crippen molar-refractivity contribution < 1.29 is 14.3 Å². The molecule has 0 saturated heterocycles. The molecule has 2 N–H and O–H groups in total. The Kier molecular flexibility index (Phi) is 8.76. The number of ether oxygens (including phenoxy) is 2. The fourth-order valence-corrected chi connectivity index (χ4v) is 3.28. The zero-order valence-electron chi connectivity index (χ0n) is 20.2. The maximum Gasteiger partial charge on any atom is 0.326 e. The summed E-state index contributed by atoms with van der Waals surface area (Å²) in [5.74, 6) is 2.08. The van der Waals surface area contributed by atoms with Crippen molar-refractivity contribution in [2.24, 2.45) is 5.92 Å². The van der Waals surface area contributed by atoms with E-state index in [4.69, 9.17) is 9.47 Å². The van der Waals surface area contributed by atoms with Gasteiger partial charge in [0.05, 0.1) is 25.6 Å². The molecule has 6 heteroatoms. The van der Waals surface area contributed by atoms with Crippen LogP contribution in [0.1, 0.15) is 44.4 Å². The number of allylic oxidation sites excluding steroid dienone is 1. The minimum Gasteiger partial charge on any atom is -0.497 e. The van der Waals surface area contributed by atoms with E-state index < -0.39 is 0 Å². The van der Waals surface area contributed by atoms with Gasteiger partial charge in [-0.1, -0.05) is 33.4 Å². The maximum atomic E-state index is 12.8. The molecule has 172 valence electrons. The Morgan fingerprint density at radius 2 is 1.81 bits per heavy atom. The molecule has 2 aromatic carbocycles. The molecule has 32 heavy (non-hydrogen) atoms. The molecule has 1 aliphatic heterocycles. The summed E-state index contributed by atoms with van der Waals surface area (Å²) in [4.78, 5) is 14.3. The van der Waals surface area contributed by atoms with Crippen molar-refractivity contribution in [2.75, 3.05) is 26.2 Å². The molecule has 0 unspecified atom stereocenters. The molecule has 0 atom stereocenters. The molecule has 3 rings (SSSR count). The first kappa shape index (κ1) is 24.9. The Bertz CT molecular complexity index is 993. The van der Waals surface area contributed by atoms with Gasteiger partial charge in [-0.25, -0.2) is 4.79 Å². The highest BCUT2D eigenvalue weighted by Gasteiger charge is 2.23. The summed E-state index contributed by atoms with van der Waals surface area (Å²) < 4.78 is 10.8. The molecular formula is C26H35N3O3. The van der Waals surface area contributed by atoms with Crippen LogP contribution in [-0.2, 0) is 6.54 Å². The Morgan fingerprint density at radius 3 is 2.41 bits per heavy atom. The fraction of sp³-hybridized carbons (Fsp3) is 0.346. The highest BCUT2D eigenvalue weighted by molar-refractivity contribution is 6.05. The number of methoxy groups -OCH3 is 2.